The summed E-state index contributed by atoms with van der Waals surface area (Å²) in [5.41, 5.74) is 0.718. The number of aliphatic hydroxyl groups is 1. The van der Waals surface area contributed by atoms with E-state index in [2.05, 4.69) is 5.32 Å². The number of hydrogen-bond acceptors (Lipinski definition) is 4. The van der Waals surface area contributed by atoms with Crippen molar-refractivity contribution in [1.82, 2.24) is 5.32 Å². The van der Waals surface area contributed by atoms with Gasteiger partial charge in [-0.25, -0.2) is 0 Å². The van der Waals surface area contributed by atoms with E-state index in [1.165, 1.54) is 6.07 Å². The van der Waals surface area contributed by atoms with Gasteiger partial charge in [0.1, 0.15) is 5.02 Å². The molecule has 0 amide bonds. The Morgan fingerprint density at radius 2 is 2.15 bits per heavy atom. The van der Waals surface area contributed by atoms with E-state index in [0.29, 0.717) is 6.54 Å². The summed E-state index contributed by atoms with van der Waals surface area (Å²) in [4.78, 5) is 10.3. The van der Waals surface area contributed by atoms with Crippen molar-refractivity contribution in [1.29, 1.82) is 0 Å². The quantitative estimate of drug-likeness (QED) is 0.439. The molecule has 1 rings (SSSR count). The lowest BCUT2D eigenvalue weighted by Crippen LogP contribution is -2.20. The fourth-order valence-electron chi connectivity index (χ4n) is 1.81. The molecule has 20 heavy (non-hydrogen) atoms. The first kappa shape index (κ1) is 16.9. The van der Waals surface area contributed by atoms with Gasteiger partial charge in [0.15, 0.2) is 0 Å². The third-order valence-corrected chi connectivity index (χ3v) is 3.49. The van der Waals surface area contributed by atoms with Crippen LogP contribution in [0.1, 0.15) is 32.3 Å². The van der Waals surface area contributed by atoms with Crippen LogP contribution in [0.5, 0.6) is 0 Å². The van der Waals surface area contributed by atoms with Gasteiger partial charge in [0.25, 0.3) is 5.69 Å². The lowest BCUT2D eigenvalue weighted by Gasteiger charge is -2.21. The molecule has 0 spiro atoms. The molecule has 0 fully saturated rings. The first-order chi connectivity index (χ1) is 9.35. The maximum atomic E-state index is 10.8. The molecule has 0 saturated heterocycles. The Kier molecular flexibility index (Phi) is 6.39. The molecular weight excluding hydrogens is 280 g/mol. The lowest BCUT2D eigenvalue weighted by molar-refractivity contribution is -0.384. The average Bonchev–Trinajstić information content (AvgIpc) is 2.39. The van der Waals surface area contributed by atoms with Crippen molar-refractivity contribution in [2.75, 3.05) is 13.2 Å². The largest absolute Gasteiger partial charge is 0.396 e. The molecule has 0 aliphatic heterocycles. The second kappa shape index (κ2) is 7.57. The second-order valence-corrected chi connectivity index (χ2v) is 6.05. The minimum absolute atomic E-state index is 0.0548. The first-order valence-corrected chi connectivity index (χ1v) is 6.98. The number of nitrogens with zero attached hydrogens (tertiary/aromatic N) is 1. The highest BCUT2D eigenvalue weighted by molar-refractivity contribution is 6.32. The number of benzene rings is 1. The molecule has 0 heterocycles. The predicted molar refractivity (Wildman–Crippen MR) is 79.9 cm³/mol. The van der Waals surface area contributed by atoms with Crippen LogP contribution in [0, 0.1) is 15.5 Å². The van der Waals surface area contributed by atoms with Gasteiger partial charge < -0.3 is 10.4 Å². The third-order valence-electron chi connectivity index (χ3n) is 3.17. The first-order valence-electron chi connectivity index (χ1n) is 6.60. The summed E-state index contributed by atoms with van der Waals surface area (Å²) in [5, 5.41) is 23.3. The molecule has 6 heteroatoms. The van der Waals surface area contributed by atoms with Crippen LogP contribution >= 0.6 is 11.6 Å². The summed E-state index contributed by atoms with van der Waals surface area (Å²) in [5.74, 6) is 0. The fraction of sp³-hybridized carbons (Fsp3) is 0.571. The van der Waals surface area contributed by atoms with Gasteiger partial charge in [-0.1, -0.05) is 31.5 Å². The van der Waals surface area contributed by atoms with Crippen molar-refractivity contribution in [2.45, 2.75) is 33.2 Å². The van der Waals surface area contributed by atoms with Crippen molar-refractivity contribution in [3.05, 3.63) is 38.9 Å². The molecule has 1 aromatic rings. The average molecular weight is 301 g/mol. The fourth-order valence-corrected chi connectivity index (χ4v) is 2.00. The lowest BCUT2D eigenvalue weighted by atomic mass is 9.89. The van der Waals surface area contributed by atoms with Crippen molar-refractivity contribution in [2.24, 2.45) is 5.41 Å². The molecule has 5 nitrogen and oxygen atoms in total. The smallest absolute Gasteiger partial charge is 0.288 e. The normalized spacial score (nSPS) is 11.6. The molecule has 0 unspecified atom stereocenters. The zero-order valence-electron chi connectivity index (χ0n) is 11.9. The molecule has 0 aliphatic rings. The molecule has 0 aliphatic carbocycles. The predicted octanol–water partition coefficient (Wildman–Crippen LogP) is 3.14. The molecule has 0 saturated carbocycles. The molecule has 112 valence electrons. The molecule has 1 aromatic carbocycles. The van der Waals surface area contributed by atoms with Gasteiger partial charge in [-0.05, 0) is 36.4 Å². The van der Waals surface area contributed by atoms with E-state index in [1.54, 1.807) is 12.1 Å². The van der Waals surface area contributed by atoms with Crippen LogP contribution in [-0.4, -0.2) is 23.2 Å². The summed E-state index contributed by atoms with van der Waals surface area (Å²) >= 11 is 5.76. The number of rotatable bonds is 8. The minimum Gasteiger partial charge on any atom is -0.396 e. The van der Waals surface area contributed by atoms with E-state index in [-0.39, 0.29) is 22.7 Å². The van der Waals surface area contributed by atoms with Crippen LogP contribution in [0.3, 0.4) is 0 Å². The summed E-state index contributed by atoms with van der Waals surface area (Å²) < 4.78 is 0. The van der Waals surface area contributed by atoms with Crippen LogP contribution in [0.15, 0.2) is 18.2 Å². The third kappa shape index (κ3) is 5.45. The van der Waals surface area contributed by atoms with Crippen molar-refractivity contribution >= 4 is 17.3 Å². The standard InChI is InChI=1S/C14H21ClN2O3/c1-14(2,10-18)6-3-7-16-9-11-4-5-12(15)13(8-11)17(19)20/h4-5,8,16,18H,3,6-7,9-10H2,1-2H3. The number of aliphatic hydroxyl groups excluding tert-OH is 1. The van der Waals surface area contributed by atoms with E-state index < -0.39 is 4.92 Å². The van der Waals surface area contributed by atoms with Crippen molar-refractivity contribution in [3.63, 3.8) is 0 Å². The molecule has 2 N–H and O–H groups in total. The highest BCUT2D eigenvalue weighted by atomic mass is 35.5. The molecular formula is C14H21ClN2O3. The van der Waals surface area contributed by atoms with E-state index >= 15 is 0 Å². The molecule has 0 aromatic heterocycles. The van der Waals surface area contributed by atoms with Crippen LogP contribution in [-0.2, 0) is 6.54 Å². The number of hydrogen-bond donors (Lipinski definition) is 2. The van der Waals surface area contributed by atoms with Gasteiger partial charge in [0, 0.05) is 19.2 Å². The molecule has 0 bridgehead atoms. The Morgan fingerprint density at radius 3 is 2.75 bits per heavy atom. The summed E-state index contributed by atoms with van der Waals surface area (Å²) in [7, 11) is 0. The Balaban J connectivity index is 2.40. The topological polar surface area (TPSA) is 75.4 Å². The van der Waals surface area contributed by atoms with E-state index in [9.17, 15) is 10.1 Å². The highest BCUT2D eigenvalue weighted by Gasteiger charge is 2.15. The van der Waals surface area contributed by atoms with Gasteiger partial charge in [-0.2, -0.15) is 0 Å². The number of nitro benzene ring substituents is 1. The molecule has 0 radical (unpaired) electrons. The maximum Gasteiger partial charge on any atom is 0.288 e. The van der Waals surface area contributed by atoms with Crippen LogP contribution < -0.4 is 5.32 Å². The Hall–Kier alpha value is -1.17. The summed E-state index contributed by atoms with van der Waals surface area (Å²) in [6.07, 6.45) is 1.88. The van der Waals surface area contributed by atoms with E-state index in [0.717, 1.165) is 24.9 Å². The minimum atomic E-state index is -0.477. The number of nitrogens with one attached hydrogen (secondary N) is 1. The number of halogens is 1. The monoisotopic (exact) mass is 300 g/mol. The van der Waals surface area contributed by atoms with Gasteiger partial charge in [0.05, 0.1) is 4.92 Å². The SMILES string of the molecule is CC(C)(CO)CCCNCc1ccc(Cl)c([N+](=O)[O-])c1. The van der Waals surface area contributed by atoms with Gasteiger partial charge >= 0.3 is 0 Å². The zero-order valence-corrected chi connectivity index (χ0v) is 12.6. The van der Waals surface area contributed by atoms with E-state index in [1.807, 2.05) is 13.8 Å². The second-order valence-electron chi connectivity index (χ2n) is 5.65. The Labute approximate surface area is 124 Å². The van der Waals surface area contributed by atoms with Gasteiger partial charge in [-0.15, -0.1) is 0 Å². The Bertz CT molecular complexity index is 464. The molecule has 0 atom stereocenters. The Morgan fingerprint density at radius 1 is 1.45 bits per heavy atom. The van der Waals surface area contributed by atoms with Crippen molar-refractivity contribution in [3.8, 4) is 0 Å². The summed E-state index contributed by atoms with van der Waals surface area (Å²) in [6.45, 7) is 5.60. The van der Waals surface area contributed by atoms with Crippen LogP contribution in [0.4, 0.5) is 5.69 Å². The summed E-state index contributed by atoms with van der Waals surface area (Å²) in [6, 6.07) is 4.82. The zero-order chi connectivity index (χ0) is 15.2. The van der Waals surface area contributed by atoms with Crippen LogP contribution in [0.25, 0.3) is 0 Å². The number of nitro groups is 1. The van der Waals surface area contributed by atoms with Gasteiger partial charge in [-0.3, -0.25) is 10.1 Å². The van der Waals surface area contributed by atoms with Crippen LogP contribution in [0.2, 0.25) is 5.02 Å². The van der Waals surface area contributed by atoms with Gasteiger partial charge in [0.2, 0.25) is 0 Å². The maximum absolute atomic E-state index is 10.8. The van der Waals surface area contributed by atoms with E-state index in [4.69, 9.17) is 16.7 Å². The van der Waals surface area contributed by atoms with Crippen molar-refractivity contribution < 1.29 is 10.0 Å². The highest BCUT2D eigenvalue weighted by Crippen LogP contribution is 2.25.